The Hall–Kier alpha value is -2.06. The van der Waals surface area contributed by atoms with E-state index in [1.54, 1.807) is 0 Å². The van der Waals surface area contributed by atoms with Gasteiger partial charge in [0.25, 0.3) is 5.56 Å². The van der Waals surface area contributed by atoms with Gasteiger partial charge in [0.2, 0.25) is 0 Å². The van der Waals surface area contributed by atoms with Crippen LogP contribution in [0.5, 0.6) is 0 Å². The van der Waals surface area contributed by atoms with Gasteiger partial charge in [0, 0.05) is 10.8 Å². The van der Waals surface area contributed by atoms with Crippen LogP contribution in [0.2, 0.25) is 5.02 Å². The van der Waals surface area contributed by atoms with Gasteiger partial charge in [-0.3, -0.25) is 4.79 Å². The lowest BCUT2D eigenvalue weighted by Gasteiger charge is -2.07. The van der Waals surface area contributed by atoms with Gasteiger partial charge in [-0.05, 0) is 5.56 Å². The third-order valence-electron chi connectivity index (χ3n) is 2.93. The number of rotatable bonds is 1. The van der Waals surface area contributed by atoms with Crippen molar-refractivity contribution in [3.8, 4) is 11.3 Å². The minimum absolute atomic E-state index is 0.241. The van der Waals surface area contributed by atoms with Gasteiger partial charge >= 0.3 is 0 Å². The van der Waals surface area contributed by atoms with Crippen molar-refractivity contribution in [1.82, 2.24) is 4.98 Å². The zero-order chi connectivity index (χ0) is 12.5. The molecule has 0 saturated carbocycles. The zero-order valence-corrected chi connectivity index (χ0v) is 10.2. The Balaban J connectivity index is 2.44. The molecular formula is C15H10ClNO. The molecule has 3 heteroatoms. The molecule has 0 unspecified atom stereocenters. The normalized spacial score (nSPS) is 10.7. The van der Waals surface area contributed by atoms with E-state index in [9.17, 15) is 4.79 Å². The molecule has 0 aliphatic carbocycles. The van der Waals surface area contributed by atoms with E-state index in [-0.39, 0.29) is 10.6 Å². The molecule has 0 bridgehead atoms. The van der Waals surface area contributed by atoms with E-state index >= 15 is 0 Å². The second-order valence-electron chi connectivity index (χ2n) is 4.05. The molecule has 88 valence electrons. The third-order valence-corrected chi connectivity index (χ3v) is 3.31. The molecule has 3 aromatic rings. The molecular weight excluding hydrogens is 246 g/mol. The lowest BCUT2D eigenvalue weighted by molar-refractivity contribution is 1.27. The minimum atomic E-state index is -0.255. The van der Waals surface area contributed by atoms with Crippen molar-refractivity contribution < 1.29 is 0 Å². The van der Waals surface area contributed by atoms with Crippen LogP contribution in [0, 0.1) is 0 Å². The van der Waals surface area contributed by atoms with Crippen molar-refractivity contribution in [2.24, 2.45) is 0 Å². The molecule has 3 rings (SSSR count). The standard InChI is InChI=1S/C15H10ClNO/c16-13-11-8-4-5-9-12(11)14(17-15(13)18)10-6-2-1-3-7-10/h1-9H,(H,17,18). The van der Waals surface area contributed by atoms with Gasteiger partial charge in [-0.1, -0.05) is 66.2 Å². The van der Waals surface area contributed by atoms with Crippen molar-refractivity contribution >= 4 is 22.4 Å². The van der Waals surface area contributed by atoms with Crippen molar-refractivity contribution in [1.29, 1.82) is 0 Å². The van der Waals surface area contributed by atoms with Crippen molar-refractivity contribution in [2.75, 3.05) is 0 Å². The molecule has 0 spiro atoms. The second-order valence-corrected chi connectivity index (χ2v) is 4.43. The number of hydrogen-bond acceptors (Lipinski definition) is 1. The van der Waals surface area contributed by atoms with Gasteiger partial charge in [0.05, 0.1) is 5.69 Å². The predicted molar refractivity (Wildman–Crippen MR) is 75.0 cm³/mol. The summed E-state index contributed by atoms with van der Waals surface area (Å²) in [4.78, 5) is 14.7. The van der Waals surface area contributed by atoms with Crippen LogP contribution in [-0.2, 0) is 0 Å². The fraction of sp³-hybridized carbons (Fsp3) is 0. The van der Waals surface area contributed by atoms with Crippen molar-refractivity contribution in [2.45, 2.75) is 0 Å². The summed E-state index contributed by atoms with van der Waals surface area (Å²) in [5.74, 6) is 0. The summed E-state index contributed by atoms with van der Waals surface area (Å²) in [6.07, 6.45) is 0. The zero-order valence-electron chi connectivity index (χ0n) is 9.48. The van der Waals surface area contributed by atoms with Crippen LogP contribution >= 0.6 is 11.6 Å². The summed E-state index contributed by atoms with van der Waals surface area (Å²) < 4.78 is 0. The Kier molecular flexibility index (Phi) is 2.65. The molecule has 0 amide bonds. The molecule has 0 saturated heterocycles. The van der Waals surface area contributed by atoms with E-state index in [0.29, 0.717) is 0 Å². The summed E-state index contributed by atoms with van der Waals surface area (Å²) in [6.45, 7) is 0. The highest BCUT2D eigenvalue weighted by Crippen LogP contribution is 2.28. The number of hydrogen-bond donors (Lipinski definition) is 1. The topological polar surface area (TPSA) is 32.9 Å². The Bertz CT molecular complexity index is 762. The number of aromatic amines is 1. The van der Waals surface area contributed by atoms with E-state index in [1.165, 1.54) is 0 Å². The van der Waals surface area contributed by atoms with Crippen LogP contribution in [-0.4, -0.2) is 4.98 Å². The number of H-pyrrole nitrogens is 1. The van der Waals surface area contributed by atoms with Gasteiger partial charge < -0.3 is 4.98 Å². The fourth-order valence-corrected chi connectivity index (χ4v) is 2.30. The number of halogens is 1. The van der Waals surface area contributed by atoms with Gasteiger partial charge in [-0.2, -0.15) is 0 Å². The first-order chi connectivity index (χ1) is 8.77. The highest BCUT2D eigenvalue weighted by Gasteiger charge is 2.09. The Morgan fingerprint density at radius 2 is 1.44 bits per heavy atom. The van der Waals surface area contributed by atoms with E-state index in [0.717, 1.165) is 22.0 Å². The highest BCUT2D eigenvalue weighted by atomic mass is 35.5. The summed E-state index contributed by atoms with van der Waals surface area (Å²) >= 11 is 6.04. The molecule has 2 nitrogen and oxygen atoms in total. The molecule has 1 N–H and O–H groups in total. The van der Waals surface area contributed by atoms with Crippen LogP contribution in [0.3, 0.4) is 0 Å². The number of aromatic nitrogens is 1. The maximum absolute atomic E-state index is 11.8. The monoisotopic (exact) mass is 255 g/mol. The lowest BCUT2D eigenvalue weighted by Crippen LogP contribution is -2.08. The van der Waals surface area contributed by atoms with E-state index < -0.39 is 0 Å². The minimum Gasteiger partial charge on any atom is -0.320 e. The molecule has 1 heterocycles. The third kappa shape index (κ3) is 1.71. The van der Waals surface area contributed by atoms with Gasteiger partial charge in [0.15, 0.2) is 0 Å². The molecule has 0 aliphatic heterocycles. The van der Waals surface area contributed by atoms with Gasteiger partial charge in [0.1, 0.15) is 5.02 Å². The van der Waals surface area contributed by atoms with E-state index in [4.69, 9.17) is 11.6 Å². The van der Waals surface area contributed by atoms with Crippen LogP contribution in [0.4, 0.5) is 0 Å². The Labute approximate surface area is 109 Å². The molecule has 0 radical (unpaired) electrons. The predicted octanol–water partition coefficient (Wildman–Crippen LogP) is 3.85. The quantitative estimate of drug-likeness (QED) is 0.704. The molecule has 0 fully saturated rings. The highest BCUT2D eigenvalue weighted by molar-refractivity contribution is 6.35. The summed E-state index contributed by atoms with van der Waals surface area (Å²) in [6, 6.07) is 17.4. The van der Waals surface area contributed by atoms with E-state index in [1.807, 2.05) is 54.6 Å². The number of nitrogens with one attached hydrogen (secondary N) is 1. The average Bonchev–Trinajstić information content (AvgIpc) is 2.44. The number of fused-ring (bicyclic) bond motifs is 1. The second kappa shape index (κ2) is 4.31. The van der Waals surface area contributed by atoms with Crippen molar-refractivity contribution in [3.63, 3.8) is 0 Å². The first-order valence-corrected chi connectivity index (χ1v) is 6.01. The molecule has 0 atom stereocenters. The van der Waals surface area contributed by atoms with Crippen LogP contribution in [0.25, 0.3) is 22.0 Å². The maximum Gasteiger partial charge on any atom is 0.267 e. The largest absolute Gasteiger partial charge is 0.320 e. The van der Waals surface area contributed by atoms with Crippen molar-refractivity contribution in [3.05, 3.63) is 70.0 Å². The van der Waals surface area contributed by atoms with Gasteiger partial charge in [-0.25, -0.2) is 0 Å². The summed E-state index contributed by atoms with van der Waals surface area (Å²) in [7, 11) is 0. The smallest absolute Gasteiger partial charge is 0.267 e. The van der Waals surface area contributed by atoms with Crippen LogP contribution in [0.1, 0.15) is 0 Å². The Morgan fingerprint density at radius 1 is 0.833 bits per heavy atom. The van der Waals surface area contributed by atoms with Crippen LogP contribution < -0.4 is 5.56 Å². The molecule has 18 heavy (non-hydrogen) atoms. The SMILES string of the molecule is O=c1[nH]c(-c2ccccc2)c2ccccc2c1Cl. The van der Waals surface area contributed by atoms with Gasteiger partial charge in [-0.15, -0.1) is 0 Å². The molecule has 0 aliphatic rings. The van der Waals surface area contributed by atoms with Crippen LogP contribution in [0.15, 0.2) is 59.4 Å². The fourth-order valence-electron chi connectivity index (χ4n) is 2.08. The van der Waals surface area contributed by atoms with E-state index in [2.05, 4.69) is 4.98 Å². The average molecular weight is 256 g/mol. The Morgan fingerprint density at radius 3 is 2.17 bits per heavy atom. The summed E-state index contributed by atoms with van der Waals surface area (Å²) in [5, 5.41) is 1.97. The first kappa shape index (κ1) is 11.1. The lowest BCUT2D eigenvalue weighted by atomic mass is 10.0. The molecule has 1 aromatic heterocycles. The first-order valence-electron chi connectivity index (χ1n) is 5.63. The maximum atomic E-state index is 11.8. The summed E-state index contributed by atoms with van der Waals surface area (Å²) in [5.41, 5.74) is 1.53. The number of pyridine rings is 1. The number of benzene rings is 2. The molecule has 2 aromatic carbocycles.